The molecule has 1 aromatic rings. The van der Waals surface area contributed by atoms with Crippen molar-refractivity contribution < 1.29 is 13.2 Å². The van der Waals surface area contributed by atoms with Crippen LogP contribution in [-0.2, 0) is 14.6 Å². The van der Waals surface area contributed by atoms with E-state index in [0.29, 0.717) is 30.8 Å². The summed E-state index contributed by atoms with van der Waals surface area (Å²) in [6.07, 6.45) is 0.982. The first-order chi connectivity index (χ1) is 9.85. The van der Waals surface area contributed by atoms with Gasteiger partial charge in [0.25, 0.3) is 0 Å². The third-order valence-corrected chi connectivity index (χ3v) is 5.47. The SMILES string of the molecule is CN(CCC(=O)Nc1ccc(N)cc1)C1CCS(=O)(=O)C1. The second kappa shape index (κ2) is 6.44. The van der Waals surface area contributed by atoms with Crippen molar-refractivity contribution in [2.75, 3.05) is 36.1 Å². The normalized spacial score (nSPS) is 20.6. The van der Waals surface area contributed by atoms with Gasteiger partial charge >= 0.3 is 0 Å². The lowest BCUT2D eigenvalue weighted by molar-refractivity contribution is -0.116. The molecule has 0 aliphatic carbocycles. The van der Waals surface area contributed by atoms with E-state index in [1.165, 1.54) is 0 Å². The number of nitrogen functional groups attached to an aromatic ring is 1. The third kappa shape index (κ3) is 4.71. The Balaban J connectivity index is 1.77. The number of amides is 1. The molecule has 21 heavy (non-hydrogen) atoms. The highest BCUT2D eigenvalue weighted by molar-refractivity contribution is 7.91. The molecule has 0 aromatic heterocycles. The van der Waals surface area contributed by atoms with E-state index in [1.54, 1.807) is 24.3 Å². The number of hydrogen-bond donors (Lipinski definition) is 2. The summed E-state index contributed by atoms with van der Waals surface area (Å²) in [5.41, 5.74) is 6.94. The Hall–Kier alpha value is -1.60. The van der Waals surface area contributed by atoms with Gasteiger partial charge in [-0.15, -0.1) is 0 Å². The van der Waals surface area contributed by atoms with Gasteiger partial charge < -0.3 is 16.0 Å². The minimum absolute atomic E-state index is 0.0272. The fourth-order valence-electron chi connectivity index (χ4n) is 2.37. The van der Waals surface area contributed by atoms with Crippen molar-refractivity contribution in [2.24, 2.45) is 0 Å². The molecule has 1 aromatic carbocycles. The number of rotatable bonds is 5. The van der Waals surface area contributed by atoms with Gasteiger partial charge in [-0.05, 0) is 37.7 Å². The summed E-state index contributed by atoms with van der Waals surface area (Å²) >= 11 is 0. The minimum atomic E-state index is -2.89. The Morgan fingerprint density at radius 2 is 2.05 bits per heavy atom. The molecule has 1 heterocycles. The summed E-state index contributed by atoms with van der Waals surface area (Å²) in [6, 6.07) is 6.98. The molecule has 1 aliphatic rings. The van der Waals surface area contributed by atoms with E-state index in [4.69, 9.17) is 5.73 Å². The van der Waals surface area contributed by atoms with E-state index in [1.807, 2.05) is 11.9 Å². The van der Waals surface area contributed by atoms with Gasteiger partial charge in [-0.2, -0.15) is 0 Å². The van der Waals surface area contributed by atoms with E-state index in [9.17, 15) is 13.2 Å². The van der Waals surface area contributed by atoms with Crippen molar-refractivity contribution in [3.8, 4) is 0 Å². The van der Waals surface area contributed by atoms with Crippen LogP contribution >= 0.6 is 0 Å². The van der Waals surface area contributed by atoms with Crippen LogP contribution in [-0.4, -0.2) is 50.4 Å². The lowest BCUT2D eigenvalue weighted by Crippen LogP contribution is -2.35. The lowest BCUT2D eigenvalue weighted by Gasteiger charge is -2.22. The van der Waals surface area contributed by atoms with Crippen molar-refractivity contribution in [3.63, 3.8) is 0 Å². The Morgan fingerprint density at radius 3 is 2.62 bits per heavy atom. The van der Waals surface area contributed by atoms with Gasteiger partial charge in [0.2, 0.25) is 5.91 Å². The largest absolute Gasteiger partial charge is 0.399 e. The Morgan fingerprint density at radius 1 is 1.38 bits per heavy atom. The summed E-state index contributed by atoms with van der Waals surface area (Å²) in [5, 5.41) is 2.79. The van der Waals surface area contributed by atoms with Gasteiger partial charge in [0.15, 0.2) is 9.84 Å². The summed E-state index contributed by atoms with van der Waals surface area (Å²) < 4.78 is 22.9. The van der Waals surface area contributed by atoms with Gasteiger partial charge in [-0.25, -0.2) is 8.42 Å². The lowest BCUT2D eigenvalue weighted by atomic mass is 10.2. The molecular formula is C14H21N3O3S. The first-order valence-electron chi connectivity index (χ1n) is 6.92. The smallest absolute Gasteiger partial charge is 0.225 e. The molecule has 1 aliphatic heterocycles. The Kier molecular flexibility index (Phi) is 4.84. The second-order valence-electron chi connectivity index (χ2n) is 5.46. The maximum Gasteiger partial charge on any atom is 0.225 e. The maximum atomic E-state index is 11.9. The topological polar surface area (TPSA) is 92.5 Å². The Bertz CT molecular complexity index is 598. The van der Waals surface area contributed by atoms with E-state index in [-0.39, 0.29) is 23.5 Å². The van der Waals surface area contributed by atoms with Crippen LogP contribution in [0.25, 0.3) is 0 Å². The van der Waals surface area contributed by atoms with Gasteiger partial charge in [0, 0.05) is 30.4 Å². The van der Waals surface area contributed by atoms with Crippen LogP contribution < -0.4 is 11.1 Å². The molecule has 3 N–H and O–H groups in total. The molecule has 7 heteroatoms. The van der Waals surface area contributed by atoms with E-state index < -0.39 is 9.84 Å². The van der Waals surface area contributed by atoms with Gasteiger partial charge in [-0.3, -0.25) is 4.79 Å². The van der Waals surface area contributed by atoms with Crippen molar-refractivity contribution in [3.05, 3.63) is 24.3 Å². The van der Waals surface area contributed by atoms with Gasteiger partial charge in [0.1, 0.15) is 0 Å². The number of nitrogens with zero attached hydrogens (tertiary/aromatic N) is 1. The summed E-state index contributed by atoms with van der Waals surface area (Å²) in [7, 11) is -1.02. The fourth-order valence-corrected chi connectivity index (χ4v) is 4.18. The highest BCUT2D eigenvalue weighted by Gasteiger charge is 2.30. The van der Waals surface area contributed by atoms with E-state index >= 15 is 0 Å². The predicted molar refractivity (Wildman–Crippen MR) is 83.8 cm³/mol. The standard InChI is InChI=1S/C14H21N3O3S/c1-17(13-7-9-21(19,20)10-13)8-6-14(18)16-12-4-2-11(15)3-5-12/h2-5,13H,6-10,15H2,1H3,(H,16,18). The molecule has 1 saturated heterocycles. The van der Waals surface area contributed by atoms with Crippen LogP contribution in [0.15, 0.2) is 24.3 Å². The highest BCUT2D eigenvalue weighted by Crippen LogP contribution is 2.17. The van der Waals surface area contributed by atoms with Crippen molar-refractivity contribution in [1.29, 1.82) is 0 Å². The van der Waals surface area contributed by atoms with Crippen LogP contribution in [0.4, 0.5) is 11.4 Å². The quantitative estimate of drug-likeness (QED) is 0.782. The second-order valence-corrected chi connectivity index (χ2v) is 7.69. The molecule has 1 fully saturated rings. The number of nitrogens with one attached hydrogen (secondary N) is 1. The first-order valence-corrected chi connectivity index (χ1v) is 8.74. The van der Waals surface area contributed by atoms with Gasteiger partial charge in [-0.1, -0.05) is 0 Å². The third-order valence-electron chi connectivity index (χ3n) is 3.72. The van der Waals surface area contributed by atoms with E-state index in [2.05, 4.69) is 5.32 Å². The number of anilines is 2. The molecule has 1 unspecified atom stereocenters. The molecule has 0 spiro atoms. The average Bonchev–Trinajstić information content (AvgIpc) is 2.79. The van der Waals surface area contributed by atoms with Crippen molar-refractivity contribution in [2.45, 2.75) is 18.9 Å². The minimum Gasteiger partial charge on any atom is -0.399 e. The molecule has 0 bridgehead atoms. The van der Waals surface area contributed by atoms with Crippen LogP contribution in [0.2, 0.25) is 0 Å². The summed E-state index contributed by atoms with van der Waals surface area (Å²) in [6.45, 7) is 0.543. The van der Waals surface area contributed by atoms with Crippen LogP contribution in [0.3, 0.4) is 0 Å². The predicted octanol–water partition coefficient (Wildman–Crippen LogP) is 0.716. The van der Waals surface area contributed by atoms with E-state index in [0.717, 1.165) is 0 Å². The molecule has 1 amide bonds. The zero-order valence-corrected chi connectivity index (χ0v) is 12.9. The monoisotopic (exact) mass is 311 g/mol. The molecule has 0 radical (unpaired) electrons. The fraction of sp³-hybridized carbons (Fsp3) is 0.500. The number of carbonyl (C=O) groups is 1. The van der Waals surface area contributed by atoms with Crippen LogP contribution in [0.5, 0.6) is 0 Å². The number of hydrogen-bond acceptors (Lipinski definition) is 5. The molecule has 2 rings (SSSR count). The number of nitrogens with two attached hydrogens (primary N) is 1. The number of carbonyl (C=O) groups excluding carboxylic acids is 1. The maximum absolute atomic E-state index is 11.9. The Labute approximate surface area is 125 Å². The summed E-state index contributed by atoms with van der Waals surface area (Å²) in [4.78, 5) is 13.8. The van der Waals surface area contributed by atoms with Crippen LogP contribution in [0, 0.1) is 0 Å². The molecular weight excluding hydrogens is 290 g/mol. The van der Waals surface area contributed by atoms with Crippen molar-refractivity contribution >= 4 is 27.1 Å². The molecule has 0 saturated carbocycles. The zero-order chi connectivity index (χ0) is 15.5. The summed E-state index contributed by atoms with van der Waals surface area (Å²) in [5.74, 6) is 0.357. The zero-order valence-electron chi connectivity index (χ0n) is 12.1. The number of benzene rings is 1. The first kappa shape index (κ1) is 15.8. The average molecular weight is 311 g/mol. The molecule has 1 atom stereocenters. The highest BCUT2D eigenvalue weighted by atomic mass is 32.2. The van der Waals surface area contributed by atoms with Gasteiger partial charge in [0.05, 0.1) is 11.5 Å². The molecule has 6 nitrogen and oxygen atoms in total. The van der Waals surface area contributed by atoms with Crippen LogP contribution in [0.1, 0.15) is 12.8 Å². The van der Waals surface area contributed by atoms with Crippen molar-refractivity contribution in [1.82, 2.24) is 4.90 Å². The molecule has 116 valence electrons. The number of sulfone groups is 1.